The van der Waals surface area contributed by atoms with Gasteiger partial charge < -0.3 is 4.90 Å². The second-order valence-electron chi connectivity index (χ2n) is 5.05. The highest BCUT2D eigenvalue weighted by atomic mass is 35.5. The molecule has 2 aromatic rings. The van der Waals surface area contributed by atoms with E-state index in [2.05, 4.69) is 0 Å². The fraction of sp³-hybridized carbons (Fsp3) is 0.312. The van der Waals surface area contributed by atoms with Crippen molar-refractivity contribution in [3.8, 4) is 0 Å². The molecule has 1 aromatic carbocycles. The van der Waals surface area contributed by atoms with Gasteiger partial charge in [0.05, 0.1) is 12.5 Å². The van der Waals surface area contributed by atoms with E-state index in [0.29, 0.717) is 6.42 Å². The molecular formula is C16H16ClNOS. The van der Waals surface area contributed by atoms with Crippen LogP contribution in [0.25, 0.3) is 0 Å². The number of rotatable bonds is 3. The van der Waals surface area contributed by atoms with Crippen molar-refractivity contribution in [3.05, 3.63) is 57.2 Å². The van der Waals surface area contributed by atoms with Gasteiger partial charge in [-0.2, -0.15) is 0 Å². The van der Waals surface area contributed by atoms with Crippen molar-refractivity contribution in [1.82, 2.24) is 4.90 Å². The van der Waals surface area contributed by atoms with Crippen LogP contribution in [-0.2, 0) is 11.2 Å². The van der Waals surface area contributed by atoms with Crippen LogP contribution in [0.2, 0.25) is 5.02 Å². The zero-order valence-corrected chi connectivity index (χ0v) is 12.7. The molecule has 0 aliphatic carbocycles. The molecule has 1 aliphatic heterocycles. The second-order valence-corrected chi connectivity index (χ2v) is 6.52. The number of thiophene rings is 1. The van der Waals surface area contributed by atoms with E-state index in [4.69, 9.17) is 11.6 Å². The fourth-order valence-electron chi connectivity index (χ4n) is 2.76. The summed E-state index contributed by atoms with van der Waals surface area (Å²) in [6, 6.07) is 12.1. The summed E-state index contributed by atoms with van der Waals surface area (Å²) in [5, 5.41) is 2.76. The van der Waals surface area contributed by atoms with Crippen molar-refractivity contribution in [2.24, 2.45) is 0 Å². The Hall–Kier alpha value is -1.32. The summed E-state index contributed by atoms with van der Waals surface area (Å²) < 4.78 is 0. The standard InChI is InChI=1S/C16H16ClNOS/c17-13-7-5-12(6-8-13)15-4-1-9-18(15)16(19)11-14-3-2-10-20-14/h2-3,5-8,10,15H,1,4,9,11H2/t15-/m0/s1. The second kappa shape index (κ2) is 5.98. The van der Waals surface area contributed by atoms with Crippen molar-refractivity contribution >= 4 is 28.8 Å². The normalized spacial score (nSPS) is 18.4. The predicted octanol–water partition coefficient (Wildman–Crippen LogP) is 4.31. The SMILES string of the molecule is O=C(Cc1cccs1)N1CCC[C@H]1c1ccc(Cl)cc1. The molecule has 1 atom stereocenters. The molecule has 0 N–H and O–H groups in total. The highest BCUT2D eigenvalue weighted by Gasteiger charge is 2.29. The van der Waals surface area contributed by atoms with Crippen molar-refractivity contribution in [1.29, 1.82) is 0 Å². The van der Waals surface area contributed by atoms with Crippen LogP contribution in [0.3, 0.4) is 0 Å². The first-order valence-corrected chi connectivity index (χ1v) is 8.07. The Labute approximate surface area is 128 Å². The van der Waals surface area contributed by atoms with Gasteiger partial charge in [0.2, 0.25) is 5.91 Å². The Morgan fingerprint density at radius 2 is 2.10 bits per heavy atom. The summed E-state index contributed by atoms with van der Waals surface area (Å²) in [5.41, 5.74) is 1.19. The number of carbonyl (C=O) groups excluding carboxylic acids is 1. The Morgan fingerprint density at radius 1 is 1.30 bits per heavy atom. The van der Waals surface area contributed by atoms with E-state index in [0.717, 1.165) is 29.3 Å². The van der Waals surface area contributed by atoms with E-state index in [-0.39, 0.29) is 11.9 Å². The predicted molar refractivity (Wildman–Crippen MR) is 83.2 cm³/mol. The lowest BCUT2D eigenvalue weighted by Gasteiger charge is -2.25. The minimum atomic E-state index is 0.208. The number of benzene rings is 1. The summed E-state index contributed by atoms with van der Waals surface area (Å²) in [7, 11) is 0. The van der Waals surface area contributed by atoms with E-state index >= 15 is 0 Å². The van der Waals surface area contributed by atoms with Crippen LogP contribution in [0.15, 0.2) is 41.8 Å². The summed E-state index contributed by atoms with van der Waals surface area (Å²) in [4.78, 5) is 15.6. The monoisotopic (exact) mass is 305 g/mol. The average Bonchev–Trinajstić information content (AvgIpc) is 3.10. The first kappa shape index (κ1) is 13.7. The summed E-state index contributed by atoms with van der Waals surface area (Å²) in [6.07, 6.45) is 2.63. The molecule has 104 valence electrons. The van der Waals surface area contributed by atoms with E-state index in [1.807, 2.05) is 46.7 Å². The van der Waals surface area contributed by atoms with Crippen LogP contribution in [0.5, 0.6) is 0 Å². The first-order chi connectivity index (χ1) is 9.74. The van der Waals surface area contributed by atoms with Gasteiger partial charge in [-0.15, -0.1) is 11.3 Å². The molecule has 0 spiro atoms. The Bertz CT molecular complexity index is 579. The van der Waals surface area contributed by atoms with Gasteiger partial charge in [0, 0.05) is 16.4 Å². The lowest BCUT2D eigenvalue weighted by atomic mass is 10.0. The maximum Gasteiger partial charge on any atom is 0.228 e. The molecule has 1 saturated heterocycles. The molecule has 20 heavy (non-hydrogen) atoms. The Morgan fingerprint density at radius 3 is 2.80 bits per heavy atom. The number of nitrogens with zero attached hydrogens (tertiary/aromatic N) is 1. The Kier molecular flexibility index (Phi) is 4.08. The summed E-state index contributed by atoms with van der Waals surface area (Å²) >= 11 is 7.58. The minimum Gasteiger partial charge on any atom is -0.335 e. The topological polar surface area (TPSA) is 20.3 Å². The van der Waals surface area contributed by atoms with E-state index in [1.54, 1.807) is 11.3 Å². The zero-order valence-electron chi connectivity index (χ0n) is 11.1. The van der Waals surface area contributed by atoms with Gasteiger partial charge in [-0.05, 0) is 42.0 Å². The molecule has 1 fully saturated rings. The van der Waals surface area contributed by atoms with E-state index in [9.17, 15) is 4.79 Å². The number of hydrogen-bond acceptors (Lipinski definition) is 2. The molecule has 0 saturated carbocycles. The fourth-order valence-corrected chi connectivity index (χ4v) is 3.58. The largest absolute Gasteiger partial charge is 0.335 e. The van der Waals surface area contributed by atoms with Crippen LogP contribution in [0.1, 0.15) is 29.3 Å². The molecule has 2 heterocycles. The summed E-state index contributed by atoms with van der Waals surface area (Å²) in [5.74, 6) is 0.227. The summed E-state index contributed by atoms with van der Waals surface area (Å²) in [6.45, 7) is 0.859. The number of carbonyl (C=O) groups is 1. The van der Waals surface area contributed by atoms with Crippen LogP contribution in [0, 0.1) is 0 Å². The lowest BCUT2D eigenvalue weighted by Crippen LogP contribution is -2.31. The van der Waals surface area contributed by atoms with Gasteiger partial charge in [-0.25, -0.2) is 0 Å². The lowest BCUT2D eigenvalue weighted by molar-refractivity contribution is -0.131. The molecular weight excluding hydrogens is 290 g/mol. The average molecular weight is 306 g/mol. The van der Waals surface area contributed by atoms with Crippen LogP contribution >= 0.6 is 22.9 Å². The Balaban J connectivity index is 1.75. The molecule has 1 aliphatic rings. The van der Waals surface area contributed by atoms with Gasteiger partial charge in [0.25, 0.3) is 0 Å². The van der Waals surface area contributed by atoms with Crippen molar-refractivity contribution in [2.45, 2.75) is 25.3 Å². The third kappa shape index (κ3) is 2.89. The van der Waals surface area contributed by atoms with Crippen LogP contribution in [-0.4, -0.2) is 17.4 Å². The smallest absolute Gasteiger partial charge is 0.228 e. The van der Waals surface area contributed by atoms with Gasteiger partial charge in [0.1, 0.15) is 0 Å². The molecule has 0 radical (unpaired) electrons. The highest BCUT2D eigenvalue weighted by Crippen LogP contribution is 2.33. The van der Waals surface area contributed by atoms with Crippen LogP contribution in [0.4, 0.5) is 0 Å². The molecule has 1 amide bonds. The third-order valence-corrected chi connectivity index (χ3v) is 4.86. The molecule has 2 nitrogen and oxygen atoms in total. The molecule has 0 bridgehead atoms. The zero-order chi connectivity index (χ0) is 13.9. The van der Waals surface area contributed by atoms with E-state index < -0.39 is 0 Å². The van der Waals surface area contributed by atoms with Gasteiger partial charge in [0.15, 0.2) is 0 Å². The maximum atomic E-state index is 12.5. The maximum absolute atomic E-state index is 12.5. The minimum absolute atomic E-state index is 0.208. The first-order valence-electron chi connectivity index (χ1n) is 6.81. The third-order valence-electron chi connectivity index (χ3n) is 3.73. The quantitative estimate of drug-likeness (QED) is 0.827. The number of halogens is 1. The van der Waals surface area contributed by atoms with Crippen molar-refractivity contribution < 1.29 is 4.79 Å². The van der Waals surface area contributed by atoms with Gasteiger partial charge in [-0.1, -0.05) is 29.8 Å². The van der Waals surface area contributed by atoms with Crippen molar-refractivity contribution in [3.63, 3.8) is 0 Å². The molecule has 1 aromatic heterocycles. The number of amides is 1. The van der Waals surface area contributed by atoms with E-state index in [1.165, 1.54) is 5.56 Å². The van der Waals surface area contributed by atoms with Crippen LogP contribution < -0.4 is 0 Å². The molecule has 3 rings (SSSR count). The molecule has 4 heteroatoms. The highest BCUT2D eigenvalue weighted by molar-refractivity contribution is 7.10. The van der Waals surface area contributed by atoms with Gasteiger partial charge in [-0.3, -0.25) is 4.79 Å². The molecule has 0 unspecified atom stereocenters. The van der Waals surface area contributed by atoms with Crippen molar-refractivity contribution in [2.75, 3.05) is 6.54 Å². The number of likely N-dealkylation sites (tertiary alicyclic amines) is 1. The number of hydrogen-bond donors (Lipinski definition) is 0. The van der Waals surface area contributed by atoms with Gasteiger partial charge >= 0.3 is 0 Å².